The molecule has 1 aromatic heterocycles. The molecule has 3 nitrogen and oxygen atoms in total. The molecule has 2 aromatic rings. The van der Waals surface area contributed by atoms with Crippen molar-refractivity contribution < 1.29 is 22.3 Å². The number of alkyl halides is 3. The third-order valence-corrected chi connectivity index (χ3v) is 3.12. The first-order valence-electron chi connectivity index (χ1n) is 5.01. The van der Waals surface area contributed by atoms with Gasteiger partial charge < -0.3 is 9.15 Å². The molecule has 0 atom stereocenters. The zero-order valence-corrected chi connectivity index (χ0v) is 8.62. The molecule has 0 aliphatic carbocycles. The van der Waals surface area contributed by atoms with E-state index in [4.69, 9.17) is 9.15 Å². The summed E-state index contributed by atoms with van der Waals surface area (Å²) in [5.41, 5.74) is -0.821. The summed E-state index contributed by atoms with van der Waals surface area (Å²) in [4.78, 5) is 3.87. The number of rotatable bonds is 1. The molecule has 3 rings (SSSR count). The molecular weight excluding hydrogens is 235 g/mol. The summed E-state index contributed by atoms with van der Waals surface area (Å²) < 4.78 is 48.9. The Hall–Kier alpha value is -1.56. The van der Waals surface area contributed by atoms with Gasteiger partial charge in [-0.1, -0.05) is 6.07 Å². The first-order chi connectivity index (χ1) is 8.03. The van der Waals surface area contributed by atoms with Gasteiger partial charge in [-0.2, -0.15) is 13.2 Å². The summed E-state index contributed by atoms with van der Waals surface area (Å²) in [6, 6.07) is 4.35. The van der Waals surface area contributed by atoms with Gasteiger partial charge in [-0.15, -0.1) is 0 Å². The number of hydrogen-bond acceptors (Lipinski definition) is 3. The Kier molecular flexibility index (Phi) is 2.01. The Balaban J connectivity index is 2.13. The van der Waals surface area contributed by atoms with Crippen molar-refractivity contribution in [1.29, 1.82) is 0 Å². The van der Waals surface area contributed by atoms with Gasteiger partial charge in [-0.05, 0) is 17.7 Å². The van der Waals surface area contributed by atoms with E-state index >= 15 is 0 Å². The molecule has 0 unspecified atom stereocenters. The lowest BCUT2D eigenvalue weighted by Crippen LogP contribution is -2.57. The molecule has 0 saturated carbocycles. The summed E-state index contributed by atoms with van der Waals surface area (Å²) >= 11 is 0. The van der Waals surface area contributed by atoms with Gasteiger partial charge in [0.25, 0.3) is 0 Å². The lowest BCUT2D eigenvalue weighted by molar-refractivity contribution is -0.262. The van der Waals surface area contributed by atoms with E-state index in [1.807, 2.05) is 0 Å². The maximum Gasteiger partial charge on any atom is 0.402 e. The molecule has 2 heterocycles. The minimum Gasteiger partial charge on any atom is -0.443 e. The van der Waals surface area contributed by atoms with Crippen molar-refractivity contribution in [2.45, 2.75) is 11.6 Å². The average Bonchev–Trinajstić information content (AvgIpc) is 2.60. The third kappa shape index (κ3) is 1.37. The molecule has 0 bridgehead atoms. The van der Waals surface area contributed by atoms with E-state index in [0.717, 1.165) is 0 Å². The van der Waals surface area contributed by atoms with Crippen molar-refractivity contribution in [1.82, 2.24) is 4.98 Å². The van der Waals surface area contributed by atoms with Gasteiger partial charge in [-0.25, -0.2) is 4.98 Å². The topological polar surface area (TPSA) is 35.3 Å². The smallest absolute Gasteiger partial charge is 0.402 e. The Labute approximate surface area is 94.2 Å². The predicted octanol–water partition coefficient (Wildman–Crippen LogP) is 2.66. The zero-order valence-electron chi connectivity index (χ0n) is 8.62. The van der Waals surface area contributed by atoms with Crippen molar-refractivity contribution in [3.05, 3.63) is 30.2 Å². The molecular formula is C11H8F3NO2. The van der Waals surface area contributed by atoms with Gasteiger partial charge >= 0.3 is 6.18 Å². The van der Waals surface area contributed by atoms with Crippen LogP contribution in [-0.2, 0) is 10.2 Å². The van der Waals surface area contributed by atoms with Gasteiger partial charge in [0.05, 0.1) is 13.2 Å². The van der Waals surface area contributed by atoms with Crippen LogP contribution in [0.5, 0.6) is 0 Å². The van der Waals surface area contributed by atoms with Crippen molar-refractivity contribution >= 4 is 11.1 Å². The maximum absolute atomic E-state index is 13.0. The number of halogens is 3. The van der Waals surface area contributed by atoms with Crippen molar-refractivity contribution in [3.8, 4) is 0 Å². The van der Waals surface area contributed by atoms with E-state index in [-0.39, 0.29) is 18.8 Å². The van der Waals surface area contributed by atoms with Gasteiger partial charge in [-0.3, -0.25) is 0 Å². The summed E-state index contributed by atoms with van der Waals surface area (Å²) in [5.74, 6) is 0. The first-order valence-corrected chi connectivity index (χ1v) is 5.01. The number of nitrogens with zero attached hydrogens (tertiary/aromatic N) is 1. The van der Waals surface area contributed by atoms with Crippen molar-refractivity contribution in [2.75, 3.05) is 13.2 Å². The SMILES string of the molecule is FC(F)(F)C1(c2ccc3ncoc3c2)COC1. The lowest BCUT2D eigenvalue weighted by atomic mass is 9.78. The second-order valence-electron chi connectivity index (χ2n) is 4.11. The fourth-order valence-corrected chi connectivity index (χ4v) is 1.95. The van der Waals surface area contributed by atoms with E-state index in [2.05, 4.69) is 4.98 Å². The van der Waals surface area contributed by atoms with Gasteiger partial charge in [0, 0.05) is 0 Å². The van der Waals surface area contributed by atoms with Crippen LogP contribution in [0, 0.1) is 0 Å². The van der Waals surface area contributed by atoms with E-state index in [9.17, 15) is 13.2 Å². The maximum atomic E-state index is 13.0. The first kappa shape index (κ1) is 10.6. The monoisotopic (exact) mass is 243 g/mol. The molecule has 1 aromatic carbocycles. The van der Waals surface area contributed by atoms with Gasteiger partial charge in [0.1, 0.15) is 10.9 Å². The average molecular weight is 243 g/mol. The van der Waals surface area contributed by atoms with E-state index < -0.39 is 11.6 Å². The second kappa shape index (κ2) is 3.22. The summed E-state index contributed by atoms with van der Waals surface area (Å²) in [6.45, 7) is -0.674. The third-order valence-electron chi connectivity index (χ3n) is 3.12. The Bertz CT molecular complexity index is 557. The zero-order chi connectivity index (χ0) is 12.1. The van der Waals surface area contributed by atoms with Crippen LogP contribution in [0.3, 0.4) is 0 Å². The highest BCUT2D eigenvalue weighted by Gasteiger charge is 2.61. The molecule has 90 valence electrons. The summed E-state index contributed by atoms with van der Waals surface area (Å²) in [6.07, 6.45) is -3.11. The minimum absolute atomic E-state index is 0.167. The van der Waals surface area contributed by atoms with Crippen molar-refractivity contribution in [2.24, 2.45) is 0 Å². The van der Waals surface area contributed by atoms with Crippen LogP contribution in [0.15, 0.2) is 29.0 Å². The Morgan fingerprint density at radius 3 is 2.59 bits per heavy atom. The second-order valence-corrected chi connectivity index (χ2v) is 4.11. The van der Waals surface area contributed by atoms with Crippen LogP contribution in [0.1, 0.15) is 5.56 Å². The van der Waals surface area contributed by atoms with Crippen LogP contribution in [0.4, 0.5) is 13.2 Å². The molecule has 17 heavy (non-hydrogen) atoms. The predicted molar refractivity (Wildman–Crippen MR) is 52.6 cm³/mol. The molecule has 6 heteroatoms. The van der Waals surface area contributed by atoms with E-state index in [0.29, 0.717) is 11.1 Å². The molecule has 0 N–H and O–H groups in total. The number of aromatic nitrogens is 1. The van der Waals surface area contributed by atoms with Gasteiger partial charge in [0.2, 0.25) is 0 Å². The molecule has 0 spiro atoms. The number of oxazole rings is 1. The van der Waals surface area contributed by atoms with Crippen LogP contribution in [0.25, 0.3) is 11.1 Å². The van der Waals surface area contributed by atoms with E-state index in [1.54, 1.807) is 0 Å². The van der Waals surface area contributed by atoms with Crippen molar-refractivity contribution in [3.63, 3.8) is 0 Å². The number of benzene rings is 1. The highest BCUT2D eigenvalue weighted by molar-refractivity contribution is 5.73. The molecule has 1 fully saturated rings. The van der Waals surface area contributed by atoms with Crippen LogP contribution in [-0.4, -0.2) is 24.4 Å². The number of ether oxygens (including phenoxy) is 1. The molecule has 0 radical (unpaired) electrons. The highest BCUT2D eigenvalue weighted by Crippen LogP contribution is 2.46. The summed E-state index contributed by atoms with van der Waals surface area (Å²) in [7, 11) is 0. The molecule has 1 aliphatic heterocycles. The Morgan fingerprint density at radius 2 is 2.00 bits per heavy atom. The minimum atomic E-state index is -4.32. The standard InChI is InChI=1S/C11H8F3NO2/c12-11(13,14)10(4-16-5-10)7-1-2-8-9(3-7)17-6-15-8/h1-3,6H,4-5H2. The van der Waals surface area contributed by atoms with Crippen LogP contribution >= 0.6 is 0 Å². The molecule has 1 aliphatic rings. The largest absolute Gasteiger partial charge is 0.443 e. The molecule has 0 amide bonds. The number of hydrogen-bond donors (Lipinski definition) is 0. The quantitative estimate of drug-likeness (QED) is 0.772. The highest BCUT2D eigenvalue weighted by atomic mass is 19.4. The number of fused-ring (bicyclic) bond motifs is 1. The molecule has 1 saturated heterocycles. The summed E-state index contributed by atoms with van der Waals surface area (Å²) in [5, 5.41) is 0. The fraction of sp³-hybridized carbons (Fsp3) is 0.364. The normalized spacial score (nSPS) is 19.2. The fourth-order valence-electron chi connectivity index (χ4n) is 1.95. The van der Waals surface area contributed by atoms with Crippen LogP contribution < -0.4 is 0 Å². The lowest BCUT2D eigenvalue weighted by Gasteiger charge is -2.42. The van der Waals surface area contributed by atoms with E-state index in [1.165, 1.54) is 24.6 Å². The van der Waals surface area contributed by atoms with Gasteiger partial charge in [0.15, 0.2) is 12.0 Å². The van der Waals surface area contributed by atoms with Crippen LogP contribution in [0.2, 0.25) is 0 Å². The Morgan fingerprint density at radius 1 is 1.24 bits per heavy atom.